The zero-order chi connectivity index (χ0) is 16.1. The van der Waals surface area contributed by atoms with Crippen LogP contribution >= 0.6 is 11.6 Å². The zero-order valence-electron chi connectivity index (χ0n) is 12.8. The lowest BCUT2D eigenvalue weighted by atomic mass is 10.2. The van der Waals surface area contributed by atoms with Crippen molar-refractivity contribution in [2.45, 2.75) is 25.7 Å². The van der Waals surface area contributed by atoms with Gasteiger partial charge in [0.15, 0.2) is 0 Å². The third-order valence-corrected chi connectivity index (χ3v) is 4.08. The molecule has 0 atom stereocenters. The first-order valence-electron chi connectivity index (χ1n) is 7.87. The molecular weight excluding hydrogens is 312 g/mol. The normalized spacial score (nSPS) is 15.1. The first-order chi connectivity index (χ1) is 11.2. The number of rotatable bonds is 3. The van der Waals surface area contributed by atoms with E-state index in [0.29, 0.717) is 22.4 Å². The van der Waals surface area contributed by atoms with Crippen LogP contribution in [0.3, 0.4) is 0 Å². The lowest BCUT2D eigenvalue weighted by Gasteiger charge is -2.20. The second-order valence-corrected chi connectivity index (χ2v) is 6.04. The first-order valence-corrected chi connectivity index (χ1v) is 8.25. The van der Waals surface area contributed by atoms with Crippen LogP contribution in [0.15, 0.2) is 36.5 Å². The van der Waals surface area contributed by atoms with Crippen molar-refractivity contribution in [1.82, 2.24) is 9.97 Å². The molecule has 0 aliphatic carbocycles. The van der Waals surface area contributed by atoms with Crippen LogP contribution in [0.25, 0.3) is 0 Å². The molecule has 2 heterocycles. The molecule has 0 unspecified atom stereocenters. The lowest BCUT2D eigenvalue weighted by molar-refractivity contribution is 0.102. The summed E-state index contributed by atoms with van der Waals surface area (Å²) in [4.78, 5) is 23.3. The molecular formula is C17H19ClN4O. The Morgan fingerprint density at radius 2 is 1.91 bits per heavy atom. The zero-order valence-corrected chi connectivity index (χ0v) is 13.6. The van der Waals surface area contributed by atoms with Crippen LogP contribution in [0.4, 0.5) is 11.6 Å². The predicted molar refractivity (Wildman–Crippen MR) is 92.1 cm³/mol. The minimum Gasteiger partial charge on any atom is -0.341 e. The van der Waals surface area contributed by atoms with Gasteiger partial charge in [-0.3, -0.25) is 4.79 Å². The second-order valence-electron chi connectivity index (χ2n) is 5.61. The molecule has 1 aliphatic rings. The number of anilines is 2. The van der Waals surface area contributed by atoms with E-state index in [0.717, 1.165) is 25.9 Å². The topological polar surface area (TPSA) is 58.1 Å². The van der Waals surface area contributed by atoms with Crippen molar-refractivity contribution in [3.05, 3.63) is 47.2 Å². The minimum atomic E-state index is -0.259. The molecule has 0 saturated carbocycles. The Morgan fingerprint density at radius 1 is 1.13 bits per heavy atom. The summed E-state index contributed by atoms with van der Waals surface area (Å²) in [5.41, 5.74) is 1.01. The number of carbonyl (C=O) groups excluding carboxylic acids is 1. The van der Waals surface area contributed by atoms with Gasteiger partial charge in [0.05, 0.1) is 0 Å². The number of carbonyl (C=O) groups is 1. The van der Waals surface area contributed by atoms with Gasteiger partial charge in [0.25, 0.3) is 5.91 Å². The van der Waals surface area contributed by atoms with Gasteiger partial charge in [-0.2, -0.15) is 0 Å². The average molecular weight is 331 g/mol. The van der Waals surface area contributed by atoms with Gasteiger partial charge >= 0.3 is 0 Å². The fourth-order valence-corrected chi connectivity index (χ4v) is 2.85. The molecule has 1 amide bonds. The summed E-state index contributed by atoms with van der Waals surface area (Å²) in [5.74, 6) is 0.372. The van der Waals surface area contributed by atoms with Gasteiger partial charge in [-0.1, -0.05) is 30.5 Å². The fraction of sp³-hybridized carbons (Fsp3) is 0.353. The second kappa shape index (κ2) is 7.42. The highest BCUT2D eigenvalue weighted by molar-refractivity contribution is 6.30. The van der Waals surface area contributed by atoms with E-state index in [4.69, 9.17) is 11.6 Å². The molecule has 0 spiro atoms. The molecule has 1 saturated heterocycles. The maximum absolute atomic E-state index is 12.4. The molecule has 2 aromatic rings. The van der Waals surface area contributed by atoms with E-state index in [-0.39, 0.29) is 5.91 Å². The number of benzene rings is 1. The molecule has 3 rings (SSSR count). The summed E-state index contributed by atoms with van der Waals surface area (Å²) in [5, 5.41) is 3.39. The highest BCUT2D eigenvalue weighted by Crippen LogP contribution is 2.17. The van der Waals surface area contributed by atoms with Crippen LogP contribution in [-0.2, 0) is 0 Å². The summed E-state index contributed by atoms with van der Waals surface area (Å²) >= 11 is 5.93. The lowest BCUT2D eigenvalue weighted by Crippen LogP contribution is -2.27. The van der Waals surface area contributed by atoms with Crippen molar-refractivity contribution < 1.29 is 4.79 Å². The molecule has 1 N–H and O–H groups in total. The van der Waals surface area contributed by atoms with Crippen LogP contribution in [-0.4, -0.2) is 29.0 Å². The van der Waals surface area contributed by atoms with Crippen molar-refractivity contribution in [2.24, 2.45) is 0 Å². The molecule has 23 heavy (non-hydrogen) atoms. The number of nitrogens with one attached hydrogen (secondary N) is 1. The molecule has 1 aromatic carbocycles. The van der Waals surface area contributed by atoms with Crippen molar-refractivity contribution in [3.8, 4) is 0 Å². The Morgan fingerprint density at radius 3 is 2.65 bits per heavy atom. The van der Waals surface area contributed by atoms with Crippen molar-refractivity contribution in [3.63, 3.8) is 0 Å². The van der Waals surface area contributed by atoms with Crippen molar-refractivity contribution in [1.29, 1.82) is 0 Å². The summed E-state index contributed by atoms with van der Waals surface area (Å²) in [6.45, 7) is 1.89. The Bertz CT molecular complexity index is 684. The van der Waals surface area contributed by atoms with Crippen molar-refractivity contribution in [2.75, 3.05) is 23.3 Å². The molecule has 0 bridgehead atoms. The van der Waals surface area contributed by atoms with E-state index in [2.05, 4.69) is 20.2 Å². The fourth-order valence-electron chi connectivity index (χ4n) is 2.66. The SMILES string of the molecule is O=C(Nc1cccc(Cl)c1)c1ccnc(N2CCCCCC2)n1. The van der Waals surface area contributed by atoms with Crippen LogP contribution in [0.1, 0.15) is 36.2 Å². The maximum atomic E-state index is 12.4. The van der Waals surface area contributed by atoms with E-state index >= 15 is 0 Å². The first kappa shape index (κ1) is 15.7. The van der Waals surface area contributed by atoms with Crippen LogP contribution in [0.2, 0.25) is 5.02 Å². The van der Waals surface area contributed by atoms with Gasteiger partial charge in [-0.05, 0) is 37.1 Å². The molecule has 6 heteroatoms. The van der Waals surface area contributed by atoms with E-state index in [1.165, 1.54) is 12.8 Å². The number of nitrogens with zero attached hydrogens (tertiary/aromatic N) is 3. The van der Waals surface area contributed by atoms with E-state index in [1.54, 1.807) is 36.5 Å². The minimum absolute atomic E-state index is 0.259. The van der Waals surface area contributed by atoms with Crippen molar-refractivity contribution >= 4 is 29.1 Å². The highest BCUT2D eigenvalue weighted by Gasteiger charge is 2.15. The smallest absolute Gasteiger partial charge is 0.274 e. The van der Waals surface area contributed by atoms with Gasteiger partial charge < -0.3 is 10.2 Å². The van der Waals surface area contributed by atoms with E-state index in [1.807, 2.05) is 0 Å². The number of halogens is 1. The third kappa shape index (κ3) is 4.20. The van der Waals surface area contributed by atoms with Crippen LogP contribution < -0.4 is 10.2 Å². The number of amides is 1. The Hall–Kier alpha value is -2.14. The van der Waals surface area contributed by atoms with Gasteiger partial charge in [0.1, 0.15) is 5.69 Å². The Kier molecular flexibility index (Phi) is 5.08. The predicted octanol–water partition coefficient (Wildman–Crippen LogP) is 3.76. The monoisotopic (exact) mass is 330 g/mol. The Labute approximate surface area is 140 Å². The van der Waals surface area contributed by atoms with Gasteiger partial charge in [-0.15, -0.1) is 0 Å². The van der Waals surface area contributed by atoms with Gasteiger partial charge in [0.2, 0.25) is 5.95 Å². The average Bonchev–Trinajstić information content (AvgIpc) is 2.84. The summed E-state index contributed by atoms with van der Waals surface area (Å²) in [6.07, 6.45) is 6.40. The third-order valence-electron chi connectivity index (χ3n) is 3.85. The Balaban J connectivity index is 1.74. The van der Waals surface area contributed by atoms with E-state index < -0.39 is 0 Å². The van der Waals surface area contributed by atoms with E-state index in [9.17, 15) is 4.79 Å². The largest absolute Gasteiger partial charge is 0.341 e. The molecule has 5 nitrogen and oxygen atoms in total. The molecule has 1 aliphatic heterocycles. The summed E-state index contributed by atoms with van der Waals surface area (Å²) < 4.78 is 0. The molecule has 120 valence electrons. The highest BCUT2D eigenvalue weighted by atomic mass is 35.5. The van der Waals surface area contributed by atoms with Crippen LogP contribution in [0.5, 0.6) is 0 Å². The quantitative estimate of drug-likeness (QED) is 0.930. The standard InChI is InChI=1S/C17H19ClN4O/c18-13-6-5-7-14(12-13)20-16(23)15-8-9-19-17(21-15)22-10-3-1-2-4-11-22/h5-9,12H,1-4,10-11H2,(H,20,23). The van der Waals surface area contributed by atoms with Gasteiger partial charge in [0, 0.05) is 30.0 Å². The van der Waals surface area contributed by atoms with Gasteiger partial charge in [-0.25, -0.2) is 9.97 Å². The molecule has 1 aromatic heterocycles. The number of aromatic nitrogens is 2. The maximum Gasteiger partial charge on any atom is 0.274 e. The summed E-state index contributed by atoms with van der Waals surface area (Å²) in [7, 11) is 0. The number of hydrogen-bond donors (Lipinski definition) is 1. The molecule has 0 radical (unpaired) electrons. The summed E-state index contributed by atoms with van der Waals surface area (Å²) in [6, 6.07) is 8.68. The van der Waals surface area contributed by atoms with Crippen LogP contribution in [0, 0.1) is 0 Å². The molecule has 1 fully saturated rings. The number of hydrogen-bond acceptors (Lipinski definition) is 4.